The van der Waals surface area contributed by atoms with Crippen molar-refractivity contribution in [2.24, 2.45) is 0 Å². The minimum atomic E-state index is -2.97. The molecule has 0 spiro atoms. The molecule has 148 valence electrons. The molecular formula is C20H18ClFN6O. The molecule has 4 aromatic rings. The average Bonchev–Trinajstić information content (AvgIpc) is 3.32. The molecule has 0 bridgehead atoms. The summed E-state index contributed by atoms with van der Waals surface area (Å²) >= 11 is 6.36. The number of rotatable bonds is 2. The van der Waals surface area contributed by atoms with E-state index in [9.17, 15) is 4.39 Å². The fourth-order valence-corrected chi connectivity index (χ4v) is 3.75. The van der Waals surface area contributed by atoms with Crippen LogP contribution >= 0.6 is 11.6 Å². The molecule has 0 amide bonds. The lowest BCUT2D eigenvalue weighted by Crippen LogP contribution is -2.36. The summed E-state index contributed by atoms with van der Waals surface area (Å²) in [5.74, 6) is -0.550. The van der Waals surface area contributed by atoms with Gasteiger partial charge < -0.3 is 4.74 Å². The van der Waals surface area contributed by atoms with Crippen molar-refractivity contribution in [1.29, 1.82) is 0 Å². The summed E-state index contributed by atoms with van der Waals surface area (Å²) in [5.41, 5.74) is 0.597. The Labute approximate surface area is 179 Å². The second-order valence-corrected chi connectivity index (χ2v) is 7.21. The topological polar surface area (TPSA) is 81.5 Å². The minimum Gasteiger partial charge on any atom is -0.367 e. The van der Waals surface area contributed by atoms with E-state index in [1.807, 2.05) is 0 Å². The quantitative estimate of drug-likeness (QED) is 0.525. The molecule has 0 unspecified atom stereocenters. The molecule has 7 nitrogen and oxygen atoms in total. The standard InChI is InChI=1S/C20H18ClFN6O/c1-10-6-12(16-18(21)25-26-19(16)24-10)15-14-8-29-20(2,3)9-28(14)27-17(15)13-5-4-11(22)7-23-13/h4-7H,8-9H2,1-3H3,(H,24,25,26)/i2D3,3D3. The monoisotopic (exact) mass is 418 g/mol. The normalized spacial score (nSPS) is 19.6. The Balaban J connectivity index is 1.81. The maximum atomic E-state index is 13.6. The first-order valence-corrected chi connectivity index (χ1v) is 9.07. The van der Waals surface area contributed by atoms with E-state index in [-0.39, 0.29) is 17.5 Å². The Morgan fingerprint density at radius 3 is 3.00 bits per heavy atom. The number of pyridine rings is 2. The molecule has 29 heavy (non-hydrogen) atoms. The van der Waals surface area contributed by atoms with Gasteiger partial charge in [-0.2, -0.15) is 10.2 Å². The van der Waals surface area contributed by atoms with Crippen LogP contribution in [-0.2, 0) is 17.9 Å². The van der Waals surface area contributed by atoms with Gasteiger partial charge in [0.2, 0.25) is 0 Å². The highest BCUT2D eigenvalue weighted by Crippen LogP contribution is 2.41. The van der Waals surface area contributed by atoms with Crippen LogP contribution in [0, 0.1) is 12.7 Å². The van der Waals surface area contributed by atoms with Gasteiger partial charge in [0.1, 0.15) is 11.5 Å². The van der Waals surface area contributed by atoms with Crippen molar-refractivity contribution in [3.8, 4) is 22.5 Å². The highest BCUT2D eigenvalue weighted by Gasteiger charge is 2.32. The molecule has 1 aliphatic heterocycles. The Kier molecular flexibility index (Phi) is 2.77. The van der Waals surface area contributed by atoms with Gasteiger partial charge >= 0.3 is 0 Å². The molecule has 0 aliphatic carbocycles. The van der Waals surface area contributed by atoms with Crippen LogP contribution in [0.1, 0.15) is 33.3 Å². The number of hydrogen-bond donors (Lipinski definition) is 1. The van der Waals surface area contributed by atoms with Gasteiger partial charge in [0, 0.05) is 25.0 Å². The van der Waals surface area contributed by atoms with Gasteiger partial charge in [-0.3, -0.25) is 14.8 Å². The molecule has 5 heterocycles. The van der Waals surface area contributed by atoms with Crippen LogP contribution in [0.5, 0.6) is 0 Å². The number of ether oxygens (including phenoxy) is 1. The Morgan fingerprint density at radius 1 is 1.38 bits per heavy atom. The first-order chi connectivity index (χ1) is 16.3. The van der Waals surface area contributed by atoms with Crippen molar-refractivity contribution in [3.05, 3.63) is 46.8 Å². The number of aromatic nitrogens is 6. The molecule has 5 rings (SSSR count). The van der Waals surface area contributed by atoms with Gasteiger partial charge in [-0.1, -0.05) is 11.6 Å². The molecule has 9 heteroatoms. The highest BCUT2D eigenvalue weighted by atomic mass is 35.5. The van der Waals surface area contributed by atoms with E-state index in [0.717, 1.165) is 6.20 Å². The van der Waals surface area contributed by atoms with E-state index in [2.05, 4.69) is 25.3 Å². The second-order valence-electron chi connectivity index (χ2n) is 6.85. The third-order valence-corrected chi connectivity index (χ3v) is 5.01. The summed E-state index contributed by atoms with van der Waals surface area (Å²) < 4.78 is 68.2. The molecule has 1 N–H and O–H groups in total. The minimum absolute atomic E-state index is 0.150. The van der Waals surface area contributed by atoms with Gasteiger partial charge in [0.15, 0.2) is 10.8 Å². The lowest BCUT2D eigenvalue weighted by atomic mass is 9.97. The van der Waals surface area contributed by atoms with Crippen LogP contribution < -0.4 is 0 Å². The molecule has 1 aliphatic rings. The number of aryl methyl sites for hydroxylation is 1. The van der Waals surface area contributed by atoms with E-state index in [4.69, 9.17) is 24.6 Å². The van der Waals surface area contributed by atoms with Crippen LogP contribution in [0.25, 0.3) is 33.5 Å². The van der Waals surface area contributed by atoms with Crippen molar-refractivity contribution in [2.45, 2.75) is 39.4 Å². The zero-order valence-electron chi connectivity index (χ0n) is 21.1. The molecule has 0 aromatic carbocycles. The van der Waals surface area contributed by atoms with Crippen LogP contribution in [0.2, 0.25) is 5.15 Å². The van der Waals surface area contributed by atoms with Gasteiger partial charge in [0.05, 0.1) is 41.7 Å². The predicted octanol–water partition coefficient (Wildman–Crippen LogP) is 4.29. The van der Waals surface area contributed by atoms with Gasteiger partial charge in [-0.05, 0) is 38.8 Å². The smallest absolute Gasteiger partial charge is 0.160 e. The molecule has 0 fully saturated rings. The van der Waals surface area contributed by atoms with Crippen LogP contribution in [0.3, 0.4) is 0 Å². The summed E-state index contributed by atoms with van der Waals surface area (Å²) in [7, 11) is 0. The van der Waals surface area contributed by atoms with E-state index in [1.165, 1.54) is 16.8 Å². The van der Waals surface area contributed by atoms with E-state index in [1.54, 1.807) is 13.0 Å². The number of nitrogens with zero attached hydrogens (tertiary/aromatic N) is 5. The predicted molar refractivity (Wildman–Crippen MR) is 107 cm³/mol. The summed E-state index contributed by atoms with van der Waals surface area (Å²) in [6, 6.07) is 4.40. The number of nitrogens with one attached hydrogen (secondary N) is 1. The Morgan fingerprint density at radius 2 is 2.24 bits per heavy atom. The zero-order valence-corrected chi connectivity index (χ0v) is 15.9. The van der Waals surface area contributed by atoms with Crippen molar-refractivity contribution in [3.63, 3.8) is 0 Å². The summed E-state index contributed by atoms with van der Waals surface area (Å²) in [6.07, 6.45) is 1.03. The molecule has 0 atom stereocenters. The Hall–Kier alpha value is -2.84. The second kappa shape index (κ2) is 6.33. The lowest BCUT2D eigenvalue weighted by Gasteiger charge is -2.31. The fraction of sp³-hybridized carbons (Fsp3) is 0.300. The van der Waals surface area contributed by atoms with Crippen molar-refractivity contribution < 1.29 is 17.4 Å². The van der Waals surface area contributed by atoms with Crippen LogP contribution in [-0.4, -0.2) is 35.5 Å². The lowest BCUT2D eigenvalue weighted by molar-refractivity contribution is -0.0657. The fourth-order valence-electron chi connectivity index (χ4n) is 3.52. The molecule has 0 radical (unpaired) electrons. The number of hydrogen-bond acceptors (Lipinski definition) is 5. The molecular weight excluding hydrogens is 395 g/mol. The first kappa shape index (κ1) is 12.7. The SMILES string of the molecule is [2H]C([2H])([2H])C1(C([2H])([2H])[2H])Cn2nc(-c3ccc(F)cn3)c(-c3cc(C)nc4[nH]nc(Cl)c34)c2CO1. The number of fused-ring (bicyclic) bond motifs is 2. The van der Waals surface area contributed by atoms with Crippen LogP contribution in [0.15, 0.2) is 24.4 Å². The average molecular weight is 419 g/mol. The largest absolute Gasteiger partial charge is 0.367 e. The zero-order chi connectivity index (χ0) is 25.3. The van der Waals surface area contributed by atoms with E-state index < -0.39 is 31.7 Å². The first-order valence-electron chi connectivity index (χ1n) is 11.7. The van der Waals surface area contributed by atoms with Gasteiger partial charge in [-0.15, -0.1) is 0 Å². The molecule has 0 saturated carbocycles. The van der Waals surface area contributed by atoms with E-state index >= 15 is 0 Å². The molecule has 0 saturated heterocycles. The highest BCUT2D eigenvalue weighted by molar-refractivity contribution is 6.35. The summed E-state index contributed by atoms with van der Waals surface area (Å²) in [6.45, 7) is -5.09. The number of H-pyrrole nitrogens is 1. The summed E-state index contributed by atoms with van der Waals surface area (Å²) in [4.78, 5) is 8.54. The third-order valence-electron chi connectivity index (χ3n) is 4.74. The maximum absolute atomic E-state index is 13.6. The third kappa shape index (κ3) is 2.99. The summed E-state index contributed by atoms with van der Waals surface area (Å²) in [5, 5.41) is 12.0. The van der Waals surface area contributed by atoms with Gasteiger partial charge in [-0.25, -0.2) is 9.37 Å². The van der Waals surface area contributed by atoms with E-state index in [0.29, 0.717) is 39.2 Å². The van der Waals surface area contributed by atoms with Crippen molar-refractivity contribution in [2.75, 3.05) is 0 Å². The Bertz CT molecular complexity index is 1430. The number of halogens is 2. The van der Waals surface area contributed by atoms with Crippen LogP contribution in [0.4, 0.5) is 4.39 Å². The maximum Gasteiger partial charge on any atom is 0.160 e. The number of aromatic amines is 1. The van der Waals surface area contributed by atoms with Gasteiger partial charge in [0.25, 0.3) is 0 Å². The molecule has 4 aromatic heterocycles. The van der Waals surface area contributed by atoms with Crippen molar-refractivity contribution >= 4 is 22.6 Å². The van der Waals surface area contributed by atoms with Crippen molar-refractivity contribution in [1.82, 2.24) is 29.9 Å².